The van der Waals surface area contributed by atoms with Crippen LogP contribution >= 0.6 is 0 Å². The number of hydrogen-bond donors (Lipinski definition) is 2. The maximum absolute atomic E-state index is 11.7. The molecule has 0 aliphatic carbocycles. The molecule has 0 fully saturated rings. The van der Waals surface area contributed by atoms with Gasteiger partial charge in [0.25, 0.3) is 5.56 Å². The van der Waals surface area contributed by atoms with Crippen molar-refractivity contribution < 1.29 is 0 Å². The molecule has 0 bridgehead atoms. The zero-order valence-electron chi connectivity index (χ0n) is 9.50. The second-order valence-corrected chi connectivity index (χ2v) is 3.88. The van der Waals surface area contributed by atoms with Gasteiger partial charge in [-0.3, -0.25) is 9.78 Å². The Bertz CT molecular complexity index is 662. The van der Waals surface area contributed by atoms with E-state index < -0.39 is 0 Å². The number of anilines is 3. The molecule has 1 aliphatic rings. The Morgan fingerprint density at radius 3 is 2.83 bits per heavy atom. The van der Waals surface area contributed by atoms with E-state index in [9.17, 15) is 4.79 Å². The van der Waals surface area contributed by atoms with Gasteiger partial charge in [-0.15, -0.1) is 0 Å². The van der Waals surface area contributed by atoms with Gasteiger partial charge >= 0.3 is 0 Å². The summed E-state index contributed by atoms with van der Waals surface area (Å²) >= 11 is 0. The standard InChI is InChI=1S/C12H11N5O/c13-12-15-10-9(11(18)16-12)14-6-7-17(10)8-4-2-1-3-5-8/h1-6H,7H2,(H3,13,15,16,18). The number of H-pyrrole nitrogens is 1. The SMILES string of the molecule is Nc1nc2c(c(=O)[nH]1)N=CCN2c1ccccc1. The summed E-state index contributed by atoms with van der Waals surface area (Å²) in [5.41, 5.74) is 6.49. The molecule has 0 atom stereocenters. The number of rotatable bonds is 1. The summed E-state index contributed by atoms with van der Waals surface area (Å²) in [6.07, 6.45) is 1.68. The van der Waals surface area contributed by atoms with E-state index in [-0.39, 0.29) is 11.5 Å². The molecule has 2 heterocycles. The van der Waals surface area contributed by atoms with Crippen molar-refractivity contribution in [2.24, 2.45) is 4.99 Å². The maximum Gasteiger partial charge on any atom is 0.280 e. The fourth-order valence-corrected chi connectivity index (χ4v) is 1.91. The van der Waals surface area contributed by atoms with Crippen LogP contribution in [0.25, 0.3) is 0 Å². The molecule has 1 aromatic heterocycles. The van der Waals surface area contributed by atoms with E-state index in [1.165, 1.54) is 0 Å². The number of fused-ring (bicyclic) bond motifs is 1. The molecule has 0 amide bonds. The molecule has 6 nitrogen and oxygen atoms in total. The third-order valence-corrected chi connectivity index (χ3v) is 2.70. The van der Waals surface area contributed by atoms with E-state index in [1.54, 1.807) is 6.21 Å². The first-order valence-electron chi connectivity index (χ1n) is 5.50. The van der Waals surface area contributed by atoms with Crippen molar-refractivity contribution in [2.75, 3.05) is 17.2 Å². The van der Waals surface area contributed by atoms with Gasteiger partial charge in [-0.05, 0) is 12.1 Å². The second-order valence-electron chi connectivity index (χ2n) is 3.88. The molecule has 2 aromatic rings. The van der Waals surface area contributed by atoms with Crippen LogP contribution in [0.2, 0.25) is 0 Å². The molecular formula is C12H11N5O. The van der Waals surface area contributed by atoms with E-state index in [0.29, 0.717) is 18.1 Å². The number of nitrogens with zero attached hydrogens (tertiary/aromatic N) is 3. The smallest absolute Gasteiger partial charge is 0.280 e. The number of benzene rings is 1. The second kappa shape index (κ2) is 3.99. The van der Waals surface area contributed by atoms with Crippen LogP contribution in [0.4, 0.5) is 23.1 Å². The predicted octanol–water partition coefficient (Wildman–Crippen LogP) is 1.21. The first-order valence-corrected chi connectivity index (χ1v) is 5.50. The number of aliphatic imine (C=N–C) groups is 1. The van der Waals surface area contributed by atoms with Crippen molar-refractivity contribution in [3.05, 3.63) is 40.7 Å². The van der Waals surface area contributed by atoms with Crippen LogP contribution in [-0.2, 0) is 0 Å². The van der Waals surface area contributed by atoms with Gasteiger partial charge in [0.05, 0.1) is 6.54 Å². The lowest BCUT2D eigenvalue weighted by Crippen LogP contribution is -2.27. The number of aromatic nitrogens is 2. The fraction of sp³-hybridized carbons (Fsp3) is 0.0833. The molecular weight excluding hydrogens is 230 g/mol. The Morgan fingerprint density at radius 2 is 2.06 bits per heavy atom. The van der Waals surface area contributed by atoms with Gasteiger partial charge in [0.1, 0.15) is 0 Å². The lowest BCUT2D eigenvalue weighted by Gasteiger charge is -2.25. The van der Waals surface area contributed by atoms with Crippen molar-refractivity contribution in [1.29, 1.82) is 0 Å². The van der Waals surface area contributed by atoms with E-state index in [4.69, 9.17) is 5.73 Å². The molecule has 0 unspecified atom stereocenters. The van der Waals surface area contributed by atoms with Gasteiger partial charge in [0.2, 0.25) is 5.95 Å². The lowest BCUT2D eigenvalue weighted by atomic mass is 10.2. The predicted molar refractivity (Wildman–Crippen MR) is 70.9 cm³/mol. The molecule has 0 saturated heterocycles. The lowest BCUT2D eigenvalue weighted by molar-refractivity contribution is 1.02. The minimum atomic E-state index is -0.325. The average molecular weight is 241 g/mol. The third-order valence-electron chi connectivity index (χ3n) is 2.70. The van der Waals surface area contributed by atoms with E-state index in [2.05, 4.69) is 15.0 Å². The molecule has 3 rings (SSSR count). The highest BCUT2D eigenvalue weighted by molar-refractivity contribution is 5.84. The highest BCUT2D eigenvalue weighted by Gasteiger charge is 2.20. The summed E-state index contributed by atoms with van der Waals surface area (Å²) in [5, 5.41) is 0. The molecule has 0 radical (unpaired) electrons. The number of para-hydroxylation sites is 1. The van der Waals surface area contributed by atoms with Crippen molar-refractivity contribution in [3.63, 3.8) is 0 Å². The highest BCUT2D eigenvalue weighted by Crippen LogP contribution is 2.31. The van der Waals surface area contributed by atoms with Crippen LogP contribution in [0, 0.1) is 0 Å². The van der Waals surface area contributed by atoms with Crippen molar-refractivity contribution >= 4 is 29.4 Å². The molecule has 1 aliphatic heterocycles. The maximum atomic E-state index is 11.7. The third kappa shape index (κ3) is 1.64. The average Bonchev–Trinajstić information content (AvgIpc) is 2.39. The van der Waals surface area contributed by atoms with Crippen LogP contribution in [0.15, 0.2) is 40.1 Å². The van der Waals surface area contributed by atoms with E-state index >= 15 is 0 Å². The number of nitrogens with two attached hydrogens (primary N) is 1. The van der Waals surface area contributed by atoms with E-state index in [0.717, 1.165) is 5.69 Å². The number of nitrogen functional groups attached to an aromatic ring is 1. The Balaban J connectivity index is 2.18. The molecule has 90 valence electrons. The Hall–Kier alpha value is -2.63. The van der Waals surface area contributed by atoms with Gasteiger partial charge in [0.15, 0.2) is 11.5 Å². The van der Waals surface area contributed by atoms with Gasteiger partial charge in [0, 0.05) is 11.9 Å². The number of aromatic amines is 1. The van der Waals surface area contributed by atoms with Crippen LogP contribution in [0.5, 0.6) is 0 Å². The Morgan fingerprint density at radius 1 is 1.28 bits per heavy atom. The Labute approximate surface area is 103 Å². The summed E-state index contributed by atoms with van der Waals surface area (Å²) in [7, 11) is 0. The van der Waals surface area contributed by atoms with Crippen molar-refractivity contribution in [3.8, 4) is 0 Å². The van der Waals surface area contributed by atoms with Gasteiger partial charge in [-0.2, -0.15) is 4.98 Å². The number of hydrogen-bond acceptors (Lipinski definition) is 5. The highest BCUT2D eigenvalue weighted by atomic mass is 16.1. The summed E-state index contributed by atoms with van der Waals surface area (Å²) < 4.78 is 0. The summed E-state index contributed by atoms with van der Waals surface area (Å²) in [4.78, 5) is 24.3. The molecule has 3 N–H and O–H groups in total. The van der Waals surface area contributed by atoms with Crippen LogP contribution < -0.4 is 16.2 Å². The summed E-state index contributed by atoms with van der Waals surface area (Å²) in [5.74, 6) is 0.585. The van der Waals surface area contributed by atoms with Gasteiger partial charge in [-0.25, -0.2) is 4.99 Å². The summed E-state index contributed by atoms with van der Waals surface area (Å²) in [6, 6.07) is 9.68. The van der Waals surface area contributed by atoms with Crippen LogP contribution in [0.3, 0.4) is 0 Å². The molecule has 0 saturated carbocycles. The first-order chi connectivity index (χ1) is 8.75. The van der Waals surface area contributed by atoms with Crippen molar-refractivity contribution in [2.45, 2.75) is 0 Å². The topological polar surface area (TPSA) is 87.4 Å². The molecule has 1 aromatic carbocycles. The first kappa shape index (κ1) is 10.5. The number of nitrogens with one attached hydrogen (secondary N) is 1. The Kier molecular flexibility index (Phi) is 2.33. The summed E-state index contributed by atoms with van der Waals surface area (Å²) in [6.45, 7) is 0.562. The normalized spacial score (nSPS) is 13.4. The van der Waals surface area contributed by atoms with Crippen molar-refractivity contribution in [1.82, 2.24) is 9.97 Å². The van der Waals surface area contributed by atoms with Gasteiger partial charge in [-0.1, -0.05) is 18.2 Å². The van der Waals surface area contributed by atoms with E-state index in [1.807, 2.05) is 35.2 Å². The zero-order valence-corrected chi connectivity index (χ0v) is 9.50. The largest absolute Gasteiger partial charge is 0.369 e. The minimum Gasteiger partial charge on any atom is -0.369 e. The van der Waals surface area contributed by atoms with Gasteiger partial charge < -0.3 is 10.6 Å². The molecule has 6 heteroatoms. The minimum absolute atomic E-state index is 0.0942. The molecule has 18 heavy (non-hydrogen) atoms. The van der Waals surface area contributed by atoms with Crippen LogP contribution in [0.1, 0.15) is 0 Å². The molecule has 0 spiro atoms. The fourth-order valence-electron chi connectivity index (χ4n) is 1.91. The monoisotopic (exact) mass is 241 g/mol. The quantitative estimate of drug-likeness (QED) is 0.785. The van der Waals surface area contributed by atoms with Crippen LogP contribution in [-0.4, -0.2) is 22.7 Å². The zero-order chi connectivity index (χ0) is 12.5.